The fourth-order valence-corrected chi connectivity index (χ4v) is 4.23. The van der Waals surface area contributed by atoms with Crippen LogP contribution in [-0.4, -0.2) is 19.9 Å². The Hall–Kier alpha value is -1.44. The van der Waals surface area contributed by atoms with Crippen LogP contribution in [0.25, 0.3) is 0 Å². The van der Waals surface area contributed by atoms with Gasteiger partial charge in [0.15, 0.2) is 0 Å². The van der Waals surface area contributed by atoms with Crippen LogP contribution >= 0.6 is 11.3 Å². The maximum Gasteiger partial charge on any atom is 0.241 e. The van der Waals surface area contributed by atoms with Gasteiger partial charge in [-0.3, -0.25) is 0 Å². The van der Waals surface area contributed by atoms with Gasteiger partial charge in [-0.1, -0.05) is 0 Å². The molecule has 1 aromatic carbocycles. The van der Waals surface area contributed by atoms with E-state index >= 15 is 0 Å². The number of fused-ring (bicyclic) bond motifs is 1. The number of nitrogens with one attached hydrogen (secondary N) is 2. The molecular formula is C13H15N3O2S2. The second-order valence-electron chi connectivity index (χ2n) is 4.71. The molecule has 0 bridgehead atoms. The van der Waals surface area contributed by atoms with Gasteiger partial charge in [-0.25, -0.2) is 18.1 Å². The Bertz CT molecular complexity index is 711. The first-order valence-corrected chi connectivity index (χ1v) is 8.71. The van der Waals surface area contributed by atoms with Crippen molar-refractivity contribution >= 4 is 27.0 Å². The number of hydrogen-bond acceptors (Lipinski definition) is 5. The fraction of sp³-hybridized carbons (Fsp3) is 0.308. The molecule has 0 amide bonds. The summed E-state index contributed by atoms with van der Waals surface area (Å²) in [6.45, 7) is 2.66. The molecule has 1 atom stereocenters. The summed E-state index contributed by atoms with van der Waals surface area (Å²) in [6.07, 6.45) is 2.53. The Kier molecular flexibility index (Phi) is 3.49. The highest BCUT2D eigenvalue weighted by molar-refractivity contribution is 7.89. The van der Waals surface area contributed by atoms with E-state index in [-0.39, 0.29) is 6.04 Å². The monoisotopic (exact) mass is 309 g/mol. The van der Waals surface area contributed by atoms with Gasteiger partial charge in [0.1, 0.15) is 5.01 Å². The smallest absolute Gasteiger partial charge is 0.241 e. The number of rotatable bonds is 4. The maximum atomic E-state index is 12.4. The number of anilines is 1. The van der Waals surface area contributed by atoms with Gasteiger partial charge in [0.2, 0.25) is 10.0 Å². The molecule has 1 aliphatic heterocycles. The van der Waals surface area contributed by atoms with E-state index in [4.69, 9.17) is 0 Å². The topological polar surface area (TPSA) is 71.1 Å². The summed E-state index contributed by atoms with van der Waals surface area (Å²) >= 11 is 1.44. The van der Waals surface area contributed by atoms with Crippen LogP contribution in [0.4, 0.5) is 5.69 Å². The SMILES string of the molecule is CC(NS(=O)(=O)c1ccc2c(c1)CCN2)c1nccs1. The van der Waals surface area contributed by atoms with Crippen LogP contribution < -0.4 is 10.0 Å². The van der Waals surface area contributed by atoms with E-state index in [0.29, 0.717) is 4.90 Å². The van der Waals surface area contributed by atoms with Crippen molar-refractivity contribution in [2.45, 2.75) is 24.3 Å². The quantitative estimate of drug-likeness (QED) is 0.908. The largest absolute Gasteiger partial charge is 0.384 e. The predicted octanol–water partition coefficient (Wildman–Crippen LogP) is 2.15. The Morgan fingerprint density at radius 2 is 2.30 bits per heavy atom. The second kappa shape index (κ2) is 5.16. The molecule has 1 aromatic heterocycles. The van der Waals surface area contributed by atoms with Crippen molar-refractivity contribution in [2.75, 3.05) is 11.9 Å². The van der Waals surface area contributed by atoms with Crippen molar-refractivity contribution in [3.05, 3.63) is 40.3 Å². The molecule has 3 rings (SSSR count). The number of hydrogen-bond donors (Lipinski definition) is 2. The minimum atomic E-state index is -3.52. The number of sulfonamides is 1. The van der Waals surface area contributed by atoms with Crippen molar-refractivity contribution in [3.63, 3.8) is 0 Å². The lowest BCUT2D eigenvalue weighted by Crippen LogP contribution is -2.26. The fourth-order valence-electron chi connectivity index (χ4n) is 2.25. The first kappa shape index (κ1) is 13.5. The van der Waals surface area contributed by atoms with E-state index in [1.54, 1.807) is 25.3 Å². The molecule has 0 radical (unpaired) electrons. The predicted molar refractivity (Wildman–Crippen MR) is 79.5 cm³/mol. The lowest BCUT2D eigenvalue weighted by Gasteiger charge is -2.12. The summed E-state index contributed by atoms with van der Waals surface area (Å²) in [5.74, 6) is 0. The van der Waals surface area contributed by atoms with Crippen LogP contribution in [0.1, 0.15) is 23.5 Å². The summed E-state index contributed by atoms with van der Waals surface area (Å²) in [4.78, 5) is 4.44. The van der Waals surface area contributed by atoms with E-state index < -0.39 is 10.0 Å². The molecule has 7 heteroatoms. The van der Waals surface area contributed by atoms with Gasteiger partial charge in [0.25, 0.3) is 0 Å². The first-order chi connectivity index (χ1) is 9.56. The molecule has 106 valence electrons. The van der Waals surface area contributed by atoms with Crippen molar-refractivity contribution in [2.24, 2.45) is 0 Å². The molecule has 2 aromatic rings. The van der Waals surface area contributed by atoms with Crippen LogP contribution in [0.2, 0.25) is 0 Å². The molecule has 0 saturated heterocycles. The summed E-state index contributed by atoms with van der Waals surface area (Å²) < 4.78 is 27.4. The molecule has 0 saturated carbocycles. The molecule has 5 nitrogen and oxygen atoms in total. The molecule has 0 fully saturated rings. The highest BCUT2D eigenvalue weighted by Gasteiger charge is 2.21. The van der Waals surface area contributed by atoms with Crippen LogP contribution in [0.3, 0.4) is 0 Å². The van der Waals surface area contributed by atoms with Crippen molar-refractivity contribution < 1.29 is 8.42 Å². The zero-order chi connectivity index (χ0) is 14.2. The normalized spacial score (nSPS) is 15.7. The molecule has 1 unspecified atom stereocenters. The Morgan fingerprint density at radius 1 is 1.45 bits per heavy atom. The van der Waals surface area contributed by atoms with Crippen LogP contribution in [0, 0.1) is 0 Å². The van der Waals surface area contributed by atoms with Gasteiger partial charge >= 0.3 is 0 Å². The lowest BCUT2D eigenvalue weighted by molar-refractivity contribution is 0.566. The molecule has 0 aliphatic carbocycles. The molecule has 2 N–H and O–H groups in total. The van der Waals surface area contributed by atoms with Crippen molar-refractivity contribution in [3.8, 4) is 0 Å². The summed E-state index contributed by atoms with van der Waals surface area (Å²) in [7, 11) is -3.52. The molecular weight excluding hydrogens is 294 g/mol. The van der Waals surface area contributed by atoms with Gasteiger partial charge < -0.3 is 5.32 Å². The summed E-state index contributed by atoms with van der Waals surface area (Å²) in [6, 6.07) is 4.87. The molecule has 0 spiro atoms. The van der Waals surface area contributed by atoms with Gasteiger partial charge in [-0.2, -0.15) is 0 Å². The Labute approximate surface area is 122 Å². The average molecular weight is 309 g/mol. The van der Waals surface area contributed by atoms with Crippen molar-refractivity contribution in [1.82, 2.24) is 9.71 Å². The lowest BCUT2D eigenvalue weighted by atomic mass is 10.2. The summed E-state index contributed by atoms with van der Waals surface area (Å²) in [5, 5.41) is 5.81. The third-order valence-electron chi connectivity index (χ3n) is 3.25. The second-order valence-corrected chi connectivity index (χ2v) is 7.35. The minimum absolute atomic E-state index is 0.309. The van der Waals surface area contributed by atoms with Crippen LogP contribution in [0.5, 0.6) is 0 Å². The Balaban J connectivity index is 1.85. The minimum Gasteiger partial charge on any atom is -0.384 e. The number of aromatic nitrogens is 1. The van der Waals surface area contributed by atoms with Crippen LogP contribution in [-0.2, 0) is 16.4 Å². The third kappa shape index (κ3) is 2.56. The number of nitrogens with zero attached hydrogens (tertiary/aromatic N) is 1. The van der Waals surface area contributed by atoms with Gasteiger partial charge in [0, 0.05) is 23.8 Å². The number of thiazole rings is 1. The molecule has 20 heavy (non-hydrogen) atoms. The zero-order valence-electron chi connectivity index (χ0n) is 11.0. The maximum absolute atomic E-state index is 12.4. The number of benzene rings is 1. The van der Waals surface area contributed by atoms with E-state index in [0.717, 1.165) is 29.2 Å². The van der Waals surface area contributed by atoms with Crippen molar-refractivity contribution in [1.29, 1.82) is 0 Å². The van der Waals surface area contributed by atoms with E-state index in [2.05, 4.69) is 15.0 Å². The average Bonchev–Trinajstić information content (AvgIpc) is 3.08. The van der Waals surface area contributed by atoms with Crippen LogP contribution in [0.15, 0.2) is 34.7 Å². The Morgan fingerprint density at radius 3 is 3.05 bits per heavy atom. The first-order valence-electron chi connectivity index (χ1n) is 6.35. The summed E-state index contributed by atoms with van der Waals surface area (Å²) in [5.41, 5.74) is 2.08. The zero-order valence-corrected chi connectivity index (χ0v) is 12.6. The van der Waals surface area contributed by atoms with E-state index in [1.807, 2.05) is 11.4 Å². The van der Waals surface area contributed by atoms with Gasteiger partial charge in [-0.15, -0.1) is 11.3 Å². The van der Waals surface area contributed by atoms with Gasteiger partial charge in [0.05, 0.1) is 10.9 Å². The molecule has 1 aliphatic rings. The standard InChI is InChI=1S/C13H15N3O2S2/c1-9(13-15-6-7-19-13)16-20(17,18)11-2-3-12-10(8-11)4-5-14-12/h2-3,6-9,14,16H,4-5H2,1H3. The molecule has 2 heterocycles. The van der Waals surface area contributed by atoms with E-state index in [9.17, 15) is 8.42 Å². The highest BCUT2D eigenvalue weighted by Crippen LogP contribution is 2.26. The van der Waals surface area contributed by atoms with E-state index in [1.165, 1.54) is 11.3 Å². The third-order valence-corrected chi connectivity index (χ3v) is 5.75. The van der Waals surface area contributed by atoms with Gasteiger partial charge in [-0.05, 0) is 37.1 Å². The highest BCUT2D eigenvalue weighted by atomic mass is 32.2.